The lowest BCUT2D eigenvalue weighted by Crippen LogP contribution is -2.00. The second kappa shape index (κ2) is 13.1. The smallest absolute Gasteiger partial charge is 0.123 e. The molecule has 0 amide bonds. The largest absolute Gasteiger partial charge is 0.493 e. The Bertz CT molecular complexity index is 892. The van der Waals surface area contributed by atoms with Crippen molar-refractivity contribution < 1.29 is 4.74 Å². The van der Waals surface area contributed by atoms with Gasteiger partial charge in [0, 0.05) is 14.6 Å². The van der Waals surface area contributed by atoms with Crippen molar-refractivity contribution in [2.45, 2.75) is 85.0 Å². The molecule has 0 atom stereocenters. The van der Waals surface area contributed by atoms with Crippen molar-refractivity contribution in [3.05, 3.63) is 52.9 Å². The Morgan fingerprint density at radius 2 is 1.42 bits per heavy atom. The minimum absolute atomic E-state index is 0.825. The highest BCUT2D eigenvalue weighted by molar-refractivity contribution is 7.23. The average molecular weight is 455 g/mol. The van der Waals surface area contributed by atoms with Crippen molar-refractivity contribution >= 4 is 22.7 Å². The second-order valence-corrected chi connectivity index (χ2v) is 10.6. The van der Waals surface area contributed by atoms with Crippen LogP contribution in [0.2, 0.25) is 0 Å². The first kappa shape index (κ1) is 24.1. The van der Waals surface area contributed by atoms with Crippen LogP contribution in [0.4, 0.5) is 0 Å². The summed E-state index contributed by atoms with van der Waals surface area (Å²) in [5, 5.41) is 2.14. The molecule has 3 rings (SSSR count). The number of hydrogen-bond donors (Lipinski definition) is 0. The summed E-state index contributed by atoms with van der Waals surface area (Å²) in [5.41, 5.74) is 3.85. The highest BCUT2D eigenvalue weighted by Crippen LogP contribution is 2.38. The third kappa shape index (κ3) is 7.50. The number of hydrogen-bond acceptors (Lipinski definition) is 3. The molecule has 0 unspecified atom stereocenters. The molecule has 1 aromatic carbocycles. The molecule has 0 aliphatic rings. The first-order chi connectivity index (χ1) is 15.2. The van der Waals surface area contributed by atoms with Crippen molar-refractivity contribution in [3.8, 4) is 25.9 Å². The topological polar surface area (TPSA) is 9.23 Å². The third-order valence-electron chi connectivity index (χ3n) is 6.03. The number of thiophene rings is 2. The fraction of sp³-hybridized carbons (Fsp3) is 0.500. The van der Waals surface area contributed by atoms with Crippen LogP contribution in [0.15, 0.2) is 41.8 Å². The van der Waals surface area contributed by atoms with Gasteiger partial charge in [0.1, 0.15) is 5.75 Å². The molecule has 2 aromatic heterocycles. The molecule has 0 saturated heterocycles. The minimum Gasteiger partial charge on any atom is -0.493 e. The number of ether oxygens (including phenoxy) is 1. The summed E-state index contributed by atoms with van der Waals surface area (Å²) in [5.74, 6) is 1.05. The maximum atomic E-state index is 6.24. The first-order valence-electron chi connectivity index (χ1n) is 12.1. The summed E-state index contributed by atoms with van der Waals surface area (Å²) in [4.78, 5) is 4.00. The Balaban J connectivity index is 1.45. The molecule has 3 heteroatoms. The quantitative estimate of drug-likeness (QED) is 0.220. The monoisotopic (exact) mass is 454 g/mol. The van der Waals surface area contributed by atoms with Gasteiger partial charge in [-0.15, -0.1) is 22.7 Å². The van der Waals surface area contributed by atoms with Gasteiger partial charge in [0.15, 0.2) is 0 Å². The van der Waals surface area contributed by atoms with Crippen LogP contribution in [0, 0.1) is 13.8 Å². The lowest BCUT2D eigenvalue weighted by atomic mass is 10.0. The van der Waals surface area contributed by atoms with Gasteiger partial charge < -0.3 is 4.74 Å². The van der Waals surface area contributed by atoms with Crippen molar-refractivity contribution in [2.75, 3.05) is 6.61 Å². The number of unbranched alkanes of at least 4 members (excludes halogenated alkanes) is 9. The molecule has 0 saturated carbocycles. The maximum Gasteiger partial charge on any atom is 0.123 e. The fourth-order valence-electron chi connectivity index (χ4n) is 3.94. The van der Waals surface area contributed by atoms with Crippen LogP contribution in [-0.4, -0.2) is 6.61 Å². The summed E-state index contributed by atoms with van der Waals surface area (Å²) < 4.78 is 6.24. The van der Waals surface area contributed by atoms with E-state index in [9.17, 15) is 0 Å². The van der Waals surface area contributed by atoms with Gasteiger partial charge in [-0.3, -0.25) is 0 Å². The van der Waals surface area contributed by atoms with E-state index >= 15 is 0 Å². The zero-order valence-corrected chi connectivity index (χ0v) is 21.2. The second-order valence-electron chi connectivity index (χ2n) is 8.59. The minimum atomic E-state index is 0.825. The third-order valence-corrected chi connectivity index (χ3v) is 8.23. The van der Waals surface area contributed by atoms with Gasteiger partial charge in [-0.05, 0) is 66.6 Å². The Kier molecular flexibility index (Phi) is 10.2. The predicted molar refractivity (Wildman–Crippen MR) is 140 cm³/mol. The van der Waals surface area contributed by atoms with E-state index in [0.717, 1.165) is 18.8 Å². The van der Waals surface area contributed by atoms with E-state index in [4.69, 9.17) is 4.74 Å². The van der Waals surface area contributed by atoms with Crippen LogP contribution in [0.1, 0.15) is 82.3 Å². The van der Waals surface area contributed by atoms with Crippen LogP contribution in [-0.2, 0) is 0 Å². The van der Waals surface area contributed by atoms with Gasteiger partial charge in [0.2, 0.25) is 0 Å². The van der Waals surface area contributed by atoms with Crippen molar-refractivity contribution in [3.63, 3.8) is 0 Å². The molecular formula is C28H38OS2. The molecule has 0 N–H and O–H groups in total. The zero-order chi connectivity index (χ0) is 21.9. The molecule has 0 aliphatic carbocycles. The van der Waals surface area contributed by atoms with Gasteiger partial charge >= 0.3 is 0 Å². The summed E-state index contributed by atoms with van der Waals surface area (Å²) in [6.45, 7) is 7.48. The van der Waals surface area contributed by atoms with E-state index < -0.39 is 0 Å². The van der Waals surface area contributed by atoms with Crippen LogP contribution in [0.5, 0.6) is 5.75 Å². The summed E-state index contributed by atoms with van der Waals surface area (Å²) in [7, 11) is 0. The summed E-state index contributed by atoms with van der Waals surface area (Å²) in [6.07, 6.45) is 13.6. The number of aryl methyl sites for hydroxylation is 1. The van der Waals surface area contributed by atoms with Crippen molar-refractivity contribution in [1.29, 1.82) is 0 Å². The average Bonchev–Trinajstić information content (AvgIpc) is 3.46. The molecule has 168 valence electrons. The van der Waals surface area contributed by atoms with E-state index in [2.05, 4.69) is 62.5 Å². The predicted octanol–water partition coefficient (Wildman–Crippen LogP) is 10.1. The molecule has 3 aromatic rings. The Hall–Kier alpha value is -1.58. The fourth-order valence-corrected chi connectivity index (χ4v) is 5.76. The maximum absolute atomic E-state index is 6.24. The lowest BCUT2D eigenvalue weighted by molar-refractivity contribution is 0.302. The van der Waals surface area contributed by atoms with Crippen LogP contribution in [0.3, 0.4) is 0 Å². The van der Waals surface area contributed by atoms with E-state index in [0.29, 0.717) is 0 Å². The molecule has 0 radical (unpaired) electrons. The van der Waals surface area contributed by atoms with Gasteiger partial charge in [-0.1, -0.05) is 76.8 Å². The molecule has 31 heavy (non-hydrogen) atoms. The van der Waals surface area contributed by atoms with Crippen molar-refractivity contribution in [1.82, 2.24) is 0 Å². The molecule has 0 fully saturated rings. The molecule has 1 nitrogen and oxygen atoms in total. The van der Waals surface area contributed by atoms with E-state index in [1.165, 1.54) is 89.1 Å². The van der Waals surface area contributed by atoms with E-state index in [1.807, 2.05) is 11.3 Å². The standard InChI is InChI=1S/C28H38OS2/c1-4-5-6-7-8-9-10-11-12-13-18-29-25-21-24(20-22(2)23(25)3)26-16-17-28(31-26)27-15-14-19-30-27/h14-17,19-21H,4-13,18H2,1-3H3. The molecule has 0 bridgehead atoms. The SMILES string of the molecule is CCCCCCCCCCCCOc1cc(-c2ccc(-c3cccs3)s2)cc(C)c1C. The van der Waals surface area contributed by atoms with Crippen LogP contribution < -0.4 is 4.74 Å². The molecule has 0 aliphatic heterocycles. The van der Waals surface area contributed by atoms with E-state index in [1.54, 1.807) is 11.3 Å². The molecule has 2 heterocycles. The number of benzene rings is 1. The van der Waals surface area contributed by atoms with Gasteiger partial charge in [-0.25, -0.2) is 0 Å². The lowest BCUT2D eigenvalue weighted by Gasteiger charge is -2.13. The van der Waals surface area contributed by atoms with Crippen LogP contribution >= 0.6 is 22.7 Å². The Labute approximate surface area is 197 Å². The Morgan fingerprint density at radius 3 is 2.10 bits per heavy atom. The van der Waals surface area contributed by atoms with Crippen molar-refractivity contribution in [2.24, 2.45) is 0 Å². The van der Waals surface area contributed by atoms with E-state index in [-0.39, 0.29) is 0 Å². The van der Waals surface area contributed by atoms with Crippen LogP contribution in [0.25, 0.3) is 20.2 Å². The Morgan fingerprint density at radius 1 is 0.742 bits per heavy atom. The van der Waals surface area contributed by atoms with Gasteiger partial charge in [-0.2, -0.15) is 0 Å². The highest BCUT2D eigenvalue weighted by atomic mass is 32.1. The summed E-state index contributed by atoms with van der Waals surface area (Å²) in [6, 6.07) is 13.3. The first-order valence-corrected chi connectivity index (χ1v) is 13.8. The molecular weight excluding hydrogens is 416 g/mol. The van der Waals surface area contributed by atoms with Gasteiger partial charge in [0.25, 0.3) is 0 Å². The number of rotatable bonds is 14. The molecule has 0 spiro atoms. The normalized spacial score (nSPS) is 11.2. The zero-order valence-electron chi connectivity index (χ0n) is 19.5. The highest BCUT2D eigenvalue weighted by Gasteiger charge is 2.11. The van der Waals surface area contributed by atoms with Gasteiger partial charge in [0.05, 0.1) is 6.61 Å². The summed E-state index contributed by atoms with van der Waals surface area (Å²) >= 11 is 3.67.